The Kier molecular flexibility index (Phi) is 7.10. The molecular weight excluding hydrogens is 313 g/mol. The average Bonchev–Trinajstić information content (AvgIpc) is 3.10. The summed E-state index contributed by atoms with van der Waals surface area (Å²) in [6, 6.07) is 9.31. The molecule has 6 nitrogen and oxygen atoms in total. The molecule has 0 fully saturated rings. The van der Waals surface area contributed by atoms with Crippen LogP contribution < -0.4 is 15.4 Å². The number of furan rings is 1. The Balaban J connectivity index is 1.75. The molecule has 0 saturated carbocycles. The van der Waals surface area contributed by atoms with E-state index in [1.54, 1.807) is 6.26 Å². The molecule has 0 spiro atoms. The lowest BCUT2D eigenvalue weighted by atomic mass is 10.3. The van der Waals surface area contributed by atoms with Gasteiger partial charge in [-0.2, -0.15) is 0 Å². The van der Waals surface area contributed by atoms with Gasteiger partial charge < -0.3 is 24.9 Å². The van der Waals surface area contributed by atoms with Gasteiger partial charge in [-0.15, -0.1) is 0 Å². The summed E-state index contributed by atoms with van der Waals surface area (Å²) >= 11 is 0. The highest BCUT2D eigenvalue weighted by atomic mass is 19.1. The standard InChI is InChI=1S/C17H22FN3O3/c1-2-19-17(21-11-16-4-3-9-23-16)20-10-14(22)12-24-15-7-5-13(18)6-8-15/h3-9,14,22H,2,10-12H2,1H3,(H2,19,20,21). The minimum Gasteiger partial charge on any atom is -0.491 e. The molecular formula is C17H22FN3O3. The highest BCUT2D eigenvalue weighted by molar-refractivity contribution is 5.79. The first kappa shape index (κ1) is 17.8. The second-order valence-corrected chi connectivity index (χ2v) is 5.07. The first-order chi connectivity index (χ1) is 11.7. The fraction of sp³-hybridized carbons (Fsp3) is 0.353. The molecule has 1 unspecified atom stereocenters. The summed E-state index contributed by atoms with van der Waals surface area (Å²) in [4.78, 5) is 4.36. The van der Waals surface area contributed by atoms with Crippen LogP contribution in [-0.2, 0) is 6.54 Å². The van der Waals surface area contributed by atoms with E-state index in [0.29, 0.717) is 24.8 Å². The van der Waals surface area contributed by atoms with E-state index in [2.05, 4.69) is 15.6 Å². The van der Waals surface area contributed by atoms with Gasteiger partial charge in [0.05, 0.1) is 6.26 Å². The number of benzene rings is 1. The fourth-order valence-electron chi connectivity index (χ4n) is 1.90. The minimum atomic E-state index is -0.734. The summed E-state index contributed by atoms with van der Waals surface area (Å²) in [7, 11) is 0. The van der Waals surface area contributed by atoms with Crippen molar-refractivity contribution in [2.45, 2.75) is 19.6 Å². The van der Waals surface area contributed by atoms with Gasteiger partial charge in [0.1, 0.15) is 36.6 Å². The van der Waals surface area contributed by atoms with Crippen molar-refractivity contribution in [3.8, 4) is 5.75 Å². The molecule has 0 aliphatic rings. The molecule has 1 atom stereocenters. The summed E-state index contributed by atoms with van der Waals surface area (Å²) in [6.07, 6.45) is 0.865. The summed E-state index contributed by atoms with van der Waals surface area (Å²) in [6.45, 7) is 3.43. The van der Waals surface area contributed by atoms with Crippen LogP contribution in [0.15, 0.2) is 52.1 Å². The molecule has 1 aromatic carbocycles. The van der Waals surface area contributed by atoms with Crippen LogP contribution in [-0.4, -0.2) is 36.9 Å². The molecule has 0 radical (unpaired) electrons. The van der Waals surface area contributed by atoms with E-state index in [1.807, 2.05) is 19.1 Å². The van der Waals surface area contributed by atoms with E-state index in [0.717, 1.165) is 5.76 Å². The number of halogens is 1. The fourth-order valence-corrected chi connectivity index (χ4v) is 1.90. The molecule has 24 heavy (non-hydrogen) atoms. The van der Waals surface area contributed by atoms with Crippen LogP contribution in [0.25, 0.3) is 0 Å². The van der Waals surface area contributed by atoms with Crippen molar-refractivity contribution >= 4 is 5.96 Å². The summed E-state index contributed by atoms with van der Waals surface area (Å²) < 4.78 is 23.4. The number of ether oxygens (including phenoxy) is 1. The molecule has 2 aromatic rings. The van der Waals surface area contributed by atoms with Crippen LogP contribution in [0, 0.1) is 5.82 Å². The minimum absolute atomic E-state index is 0.0935. The number of guanidine groups is 1. The van der Waals surface area contributed by atoms with Crippen molar-refractivity contribution in [2.24, 2.45) is 4.99 Å². The lowest BCUT2D eigenvalue weighted by Crippen LogP contribution is -2.42. The quantitative estimate of drug-likeness (QED) is 0.507. The average molecular weight is 335 g/mol. The lowest BCUT2D eigenvalue weighted by molar-refractivity contribution is 0.110. The maximum absolute atomic E-state index is 12.8. The number of hydrogen-bond acceptors (Lipinski definition) is 4. The van der Waals surface area contributed by atoms with Gasteiger partial charge in [0, 0.05) is 13.1 Å². The van der Waals surface area contributed by atoms with E-state index >= 15 is 0 Å². The van der Waals surface area contributed by atoms with Crippen LogP contribution in [0.3, 0.4) is 0 Å². The molecule has 1 heterocycles. The zero-order valence-electron chi connectivity index (χ0n) is 13.5. The van der Waals surface area contributed by atoms with Crippen molar-refractivity contribution in [3.63, 3.8) is 0 Å². The predicted octanol–water partition coefficient (Wildman–Crippen LogP) is 1.91. The van der Waals surface area contributed by atoms with Crippen molar-refractivity contribution in [3.05, 3.63) is 54.2 Å². The van der Waals surface area contributed by atoms with Crippen molar-refractivity contribution < 1.29 is 18.7 Å². The zero-order valence-corrected chi connectivity index (χ0v) is 13.5. The molecule has 0 aliphatic heterocycles. The number of nitrogens with one attached hydrogen (secondary N) is 2. The highest BCUT2D eigenvalue weighted by Crippen LogP contribution is 2.11. The summed E-state index contributed by atoms with van der Waals surface area (Å²) in [5.74, 6) is 1.52. The number of nitrogens with zero attached hydrogens (tertiary/aromatic N) is 1. The smallest absolute Gasteiger partial charge is 0.191 e. The van der Waals surface area contributed by atoms with Gasteiger partial charge in [-0.1, -0.05) is 0 Å². The third kappa shape index (κ3) is 6.29. The Morgan fingerprint density at radius 3 is 2.75 bits per heavy atom. The second kappa shape index (κ2) is 9.57. The Labute approximate surface area is 140 Å². The van der Waals surface area contributed by atoms with Gasteiger partial charge >= 0.3 is 0 Å². The number of rotatable bonds is 8. The first-order valence-electron chi connectivity index (χ1n) is 7.78. The molecule has 0 aliphatic carbocycles. The maximum Gasteiger partial charge on any atom is 0.191 e. The van der Waals surface area contributed by atoms with Crippen LogP contribution in [0.1, 0.15) is 12.7 Å². The van der Waals surface area contributed by atoms with E-state index in [1.165, 1.54) is 24.3 Å². The van der Waals surface area contributed by atoms with Crippen LogP contribution in [0.4, 0.5) is 4.39 Å². The van der Waals surface area contributed by atoms with E-state index < -0.39 is 6.10 Å². The van der Waals surface area contributed by atoms with E-state index in [4.69, 9.17) is 9.15 Å². The lowest BCUT2D eigenvalue weighted by Gasteiger charge is -2.15. The van der Waals surface area contributed by atoms with Gasteiger partial charge in [-0.05, 0) is 43.3 Å². The van der Waals surface area contributed by atoms with Crippen LogP contribution in [0.2, 0.25) is 0 Å². The number of aliphatic hydroxyl groups excluding tert-OH is 1. The normalized spacial score (nSPS) is 12.7. The third-order valence-corrected chi connectivity index (χ3v) is 3.08. The Hall–Kier alpha value is -2.54. The van der Waals surface area contributed by atoms with Crippen LogP contribution >= 0.6 is 0 Å². The highest BCUT2D eigenvalue weighted by Gasteiger charge is 2.07. The zero-order chi connectivity index (χ0) is 17.2. The van der Waals surface area contributed by atoms with Gasteiger partial charge in [-0.3, -0.25) is 0 Å². The molecule has 3 N–H and O–H groups in total. The van der Waals surface area contributed by atoms with E-state index in [9.17, 15) is 9.50 Å². The second-order valence-electron chi connectivity index (χ2n) is 5.07. The summed E-state index contributed by atoms with van der Waals surface area (Å²) in [5, 5.41) is 16.1. The molecule has 0 amide bonds. The number of aliphatic imine (C=N–C) groups is 1. The molecule has 130 valence electrons. The Morgan fingerprint density at radius 2 is 2.08 bits per heavy atom. The molecule has 2 rings (SSSR count). The monoisotopic (exact) mass is 335 g/mol. The van der Waals surface area contributed by atoms with Crippen molar-refractivity contribution in [2.75, 3.05) is 19.7 Å². The Morgan fingerprint density at radius 1 is 1.29 bits per heavy atom. The van der Waals surface area contributed by atoms with Gasteiger partial charge in [0.15, 0.2) is 5.96 Å². The molecule has 0 bridgehead atoms. The molecule has 1 aromatic heterocycles. The molecule has 7 heteroatoms. The van der Waals surface area contributed by atoms with Crippen LogP contribution in [0.5, 0.6) is 5.75 Å². The van der Waals surface area contributed by atoms with Gasteiger partial charge in [0.2, 0.25) is 0 Å². The maximum atomic E-state index is 12.8. The largest absolute Gasteiger partial charge is 0.491 e. The van der Waals surface area contributed by atoms with Crippen molar-refractivity contribution in [1.82, 2.24) is 10.6 Å². The predicted molar refractivity (Wildman–Crippen MR) is 89.4 cm³/mol. The first-order valence-corrected chi connectivity index (χ1v) is 7.78. The Bertz CT molecular complexity index is 615. The third-order valence-electron chi connectivity index (χ3n) is 3.08. The van der Waals surface area contributed by atoms with E-state index in [-0.39, 0.29) is 19.0 Å². The van der Waals surface area contributed by atoms with Gasteiger partial charge in [-0.25, -0.2) is 9.38 Å². The number of aliphatic hydroxyl groups is 1. The molecule has 0 saturated heterocycles. The SMILES string of the molecule is CCNC(=NCc1ccco1)NCC(O)COc1ccc(F)cc1. The topological polar surface area (TPSA) is 79.0 Å². The number of hydrogen-bond donors (Lipinski definition) is 3. The van der Waals surface area contributed by atoms with Gasteiger partial charge in [0.25, 0.3) is 0 Å². The summed E-state index contributed by atoms with van der Waals surface area (Å²) in [5.41, 5.74) is 0. The van der Waals surface area contributed by atoms with Crippen molar-refractivity contribution in [1.29, 1.82) is 0 Å².